The Labute approximate surface area is 120 Å². The highest BCUT2D eigenvalue weighted by Crippen LogP contribution is 2.28. The van der Waals surface area contributed by atoms with Crippen molar-refractivity contribution in [3.8, 4) is 5.75 Å². The zero-order valence-electron chi connectivity index (χ0n) is 12.3. The minimum Gasteiger partial charge on any atom is -0.507 e. The Morgan fingerprint density at radius 3 is 2.55 bits per heavy atom. The van der Waals surface area contributed by atoms with E-state index >= 15 is 0 Å². The Balaban J connectivity index is 1.92. The number of phenolic OH excluding ortho intramolecular Hbond substituents is 1. The number of fused-ring (bicyclic) bond motifs is 1. The molecular weight excluding hydrogens is 248 g/mol. The van der Waals surface area contributed by atoms with Gasteiger partial charge in [0.2, 0.25) is 0 Å². The average Bonchev–Trinajstić information content (AvgIpc) is 2.62. The second-order valence-electron chi connectivity index (χ2n) is 5.78. The van der Waals surface area contributed by atoms with E-state index in [0.29, 0.717) is 5.75 Å². The summed E-state index contributed by atoms with van der Waals surface area (Å²) in [7, 11) is 0. The van der Waals surface area contributed by atoms with Gasteiger partial charge in [-0.05, 0) is 51.1 Å². The van der Waals surface area contributed by atoms with Gasteiger partial charge in [0.05, 0.1) is 5.52 Å². The first-order valence-electron chi connectivity index (χ1n) is 7.82. The minimum atomic E-state index is 0.395. The minimum absolute atomic E-state index is 0.395. The summed E-state index contributed by atoms with van der Waals surface area (Å²) < 4.78 is 2.33. The molecule has 0 bridgehead atoms. The lowest BCUT2D eigenvalue weighted by molar-refractivity contribution is 0.270. The number of aromatic nitrogens is 1. The highest BCUT2D eigenvalue weighted by atomic mass is 16.3. The smallest absolute Gasteiger partial charge is 0.124 e. The third kappa shape index (κ3) is 2.55. The number of nitrogens with zero attached hydrogens (tertiary/aromatic N) is 2. The van der Waals surface area contributed by atoms with E-state index in [-0.39, 0.29) is 0 Å². The van der Waals surface area contributed by atoms with Crippen LogP contribution in [0.4, 0.5) is 0 Å². The van der Waals surface area contributed by atoms with Crippen molar-refractivity contribution in [1.29, 1.82) is 0 Å². The molecule has 0 radical (unpaired) electrons. The van der Waals surface area contributed by atoms with Crippen LogP contribution in [0.1, 0.15) is 38.3 Å². The summed E-state index contributed by atoms with van der Waals surface area (Å²) in [5.74, 6) is 0.395. The molecule has 1 aromatic carbocycles. The van der Waals surface area contributed by atoms with Crippen molar-refractivity contribution >= 4 is 10.9 Å². The van der Waals surface area contributed by atoms with Gasteiger partial charge in [-0.15, -0.1) is 0 Å². The van der Waals surface area contributed by atoms with Gasteiger partial charge in [-0.3, -0.25) is 4.90 Å². The lowest BCUT2D eigenvalue weighted by atomic mass is 10.2. The van der Waals surface area contributed by atoms with Crippen LogP contribution in [0.25, 0.3) is 10.9 Å². The van der Waals surface area contributed by atoms with Crippen molar-refractivity contribution in [1.82, 2.24) is 9.47 Å². The van der Waals surface area contributed by atoms with Crippen molar-refractivity contribution in [2.45, 2.75) is 45.7 Å². The van der Waals surface area contributed by atoms with E-state index in [1.165, 1.54) is 44.5 Å². The van der Waals surface area contributed by atoms with Gasteiger partial charge in [0.25, 0.3) is 0 Å². The fourth-order valence-corrected chi connectivity index (χ4v) is 3.35. The molecule has 3 rings (SSSR count). The molecule has 0 spiro atoms. The van der Waals surface area contributed by atoms with Gasteiger partial charge in [-0.25, -0.2) is 0 Å². The molecule has 0 atom stereocenters. The van der Waals surface area contributed by atoms with Gasteiger partial charge in [-0.2, -0.15) is 0 Å². The van der Waals surface area contributed by atoms with E-state index in [2.05, 4.69) is 28.5 Å². The molecule has 0 saturated carbocycles. The zero-order chi connectivity index (χ0) is 13.9. The Kier molecular flexibility index (Phi) is 3.97. The van der Waals surface area contributed by atoms with E-state index < -0.39 is 0 Å². The first-order chi connectivity index (χ1) is 9.79. The highest BCUT2D eigenvalue weighted by molar-refractivity contribution is 5.87. The third-order valence-electron chi connectivity index (χ3n) is 4.41. The van der Waals surface area contributed by atoms with Crippen LogP contribution >= 0.6 is 0 Å². The van der Waals surface area contributed by atoms with Gasteiger partial charge in [0, 0.05) is 24.2 Å². The molecule has 20 heavy (non-hydrogen) atoms. The van der Waals surface area contributed by atoms with Crippen molar-refractivity contribution in [2.75, 3.05) is 13.1 Å². The summed E-state index contributed by atoms with van der Waals surface area (Å²) in [5.41, 5.74) is 2.48. The number of benzene rings is 1. The summed E-state index contributed by atoms with van der Waals surface area (Å²) in [6.07, 6.45) is 5.37. The Morgan fingerprint density at radius 2 is 1.85 bits per heavy atom. The van der Waals surface area contributed by atoms with E-state index in [9.17, 15) is 5.11 Å². The van der Waals surface area contributed by atoms with E-state index in [1.54, 1.807) is 6.07 Å². The molecule has 108 valence electrons. The van der Waals surface area contributed by atoms with Crippen molar-refractivity contribution in [2.24, 2.45) is 0 Å². The van der Waals surface area contributed by atoms with E-state index in [1.807, 2.05) is 6.07 Å². The average molecular weight is 272 g/mol. The first kappa shape index (κ1) is 13.5. The largest absolute Gasteiger partial charge is 0.507 e. The maximum Gasteiger partial charge on any atom is 0.124 e. The van der Waals surface area contributed by atoms with Crippen LogP contribution in [0.3, 0.4) is 0 Å². The summed E-state index contributed by atoms with van der Waals surface area (Å²) in [6, 6.07) is 7.97. The Morgan fingerprint density at radius 1 is 1.10 bits per heavy atom. The number of hydrogen-bond acceptors (Lipinski definition) is 2. The summed E-state index contributed by atoms with van der Waals surface area (Å²) in [4.78, 5) is 2.56. The molecule has 1 N–H and O–H groups in total. The van der Waals surface area contributed by atoms with Crippen LogP contribution in [0.15, 0.2) is 24.3 Å². The van der Waals surface area contributed by atoms with Crippen LogP contribution in [-0.2, 0) is 13.1 Å². The molecule has 2 heterocycles. The second-order valence-corrected chi connectivity index (χ2v) is 5.78. The monoisotopic (exact) mass is 272 g/mol. The lowest BCUT2D eigenvalue weighted by Crippen LogP contribution is -2.25. The van der Waals surface area contributed by atoms with E-state index in [0.717, 1.165) is 24.0 Å². The predicted octanol–water partition coefficient (Wildman–Crippen LogP) is 3.74. The number of phenols is 1. The number of likely N-dealkylation sites (tertiary alicyclic amines) is 1. The van der Waals surface area contributed by atoms with Crippen molar-refractivity contribution in [3.05, 3.63) is 30.0 Å². The van der Waals surface area contributed by atoms with Crippen LogP contribution in [0.5, 0.6) is 5.75 Å². The molecule has 1 fully saturated rings. The van der Waals surface area contributed by atoms with Crippen molar-refractivity contribution in [3.63, 3.8) is 0 Å². The molecule has 0 unspecified atom stereocenters. The number of rotatable bonds is 3. The van der Waals surface area contributed by atoms with Crippen LogP contribution < -0.4 is 0 Å². The van der Waals surface area contributed by atoms with E-state index in [4.69, 9.17) is 0 Å². The standard InChI is InChI=1S/C17H24N2O/c1-2-19-14(13-18-10-5-3-4-6-11-18)12-15-16(19)8-7-9-17(15)20/h7-9,12,20H,2-6,10-11,13H2,1H3. The molecule has 0 aliphatic carbocycles. The fourth-order valence-electron chi connectivity index (χ4n) is 3.35. The fraction of sp³-hybridized carbons (Fsp3) is 0.529. The molecule has 2 aromatic rings. The van der Waals surface area contributed by atoms with Crippen LogP contribution in [0.2, 0.25) is 0 Å². The van der Waals surface area contributed by atoms with Gasteiger partial charge in [0.15, 0.2) is 0 Å². The number of aromatic hydroxyl groups is 1. The number of hydrogen-bond donors (Lipinski definition) is 1. The Hall–Kier alpha value is -1.48. The quantitative estimate of drug-likeness (QED) is 0.922. The molecule has 3 nitrogen and oxygen atoms in total. The molecule has 1 aliphatic rings. The maximum absolute atomic E-state index is 10.0. The topological polar surface area (TPSA) is 28.4 Å². The van der Waals surface area contributed by atoms with Gasteiger partial charge < -0.3 is 9.67 Å². The predicted molar refractivity (Wildman–Crippen MR) is 83.0 cm³/mol. The highest BCUT2D eigenvalue weighted by Gasteiger charge is 2.14. The van der Waals surface area contributed by atoms with Crippen molar-refractivity contribution < 1.29 is 5.11 Å². The van der Waals surface area contributed by atoms with Crippen LogP contribution in [-0.4, -0.2) is 27.7 Å². The SMILES string of the molecule is CCn1c(CN2CCCCCC2)cc2c(O)cccc21. The zero-order valence-corrected chi connectivity index (χ0v) is 12.3. The van der Waals surface area contributed by atoms with Crippen LogP contribution in [0, 0.1) is 0 Å². The van der Waals surface area contributed by atoms with Gasteiger partial charge in [0.1, 0.15) is 5.75 Å². The molecule has 1 aromatic heterocycles. The normalized spacial score (nSPS) is 17.4. The molecule has 1 aliphatic heterocycles. The summed E-state index contributed by atoms with van der Waals surface area (Å²) in [6.45, 7) is 6.54. The van der Waals surface area contributed by atoms with Gasteiger partial charge >= 0.3 is 0 Å². The molecule has 3 heteroatoms. The van der Waals surface area contributed by atoms with Gasteiger partial charge in [-0.1, -0.05) is 18.9 Å². The second kappa shape index (κ2) is 5.88. The number of aryl methyl sites for hydroxylation is 1. The maximum atomic E-state index is 10.0. The third-order valence-corrected chi connectivity index (χ3v) is 4.41. The molecule has 1 saturated heterocycles. The molecule has 0 amide bonds. The first-order valence-corrected chi connectivity index (χ1v) is 7.82. The summed E-state index contributed by atoms with van der Waals surface area (Å²) >= 11 is 0. The molecular formula is C17H24N2O. The summed E-state index contributed by atoms with van der Waals surface area (Å²) in [5, 5.41) is 11.0. The lowest BCUT2D eigenvalue weighted by Gasteiger charge is -2.20. The Bertz CT molecular complexity index is 580.